The third-order valence-electron chi connectivity index (χ3n) is 0. The van der Waals surface area contributed by atoms with Crippen molar-refractivity contribution in [2.75, 3.05) is 0 Å². The summed E-state index contributed by atoms with van der Waals surface area (Å²) in [7, 11) is -8.67. The molecule has 0 heterocycles. The second-order valence-corrected chi connectivity index (χ2v) is 1.39. The summed E-state index contributed by atoms with van der Waals surface area (Å²) in [5.41, 5.74) is 0. The second-order valence-electron chi connectivity index (χ2n) is 1.39. The second kappa shape index (κ2) is 42.7. The van der Waals surface area contributed by atoms with E-state index in [1.807, 2.05) is 0 Å². The van der Waals surface area contributed by atoms with Gasteiger partial charge < -0.3 is 76.7 Å². The summed E-state index contributed by atoms with van der Waals surface area (Å²) in [6.07, 6.45) is 0. The van der Waals surface area contributed by atoms with Crippen molar-refractivity contribution >= 4 is 58.8 Å². The van der Waals surface area contributed by atoms with E-state index >= 15 is 0 Å². The van der Waals surface area contributed by atoms with Gasteiger partial charge >= 0.3 is 58.8 Å². The molecule has 0 saturated carbocycles. The summed E-state index contributed by atoms with van der Waals surface area (Å²) in [5.74, 6) is 0. The maximum atomic E-state index is 7.17. The van der Waals surface area contributed by atoms with E-state index in [0.29, 0.717) is 0 Å². The molecule has 0 radical (unpaired) electrons. The van der Waals surface area contributed by atoms with Crippen LogP contribution in [0.5, 0.6) is 0 Å². The molecule has 0 rings (SSSR count). The average Bonchev–Trinajstić information content (AvgIpc) is 1.76. The standard InChI is InChI=1S/4BH3O3.Na.3H2O.H/c4*2-1(3)4;;;;;/h4*2-4H;;3*1H2;. The Morgan fingerprint density at radius 1 is 0.300 bits per heavy atom. The van der Waals surface area contributed by atoms with Crippen molar-refractivity contribution in [3.8, 4) is 0 Å². The monoisotopic (exact) mass is 326 g/mol. The van der Waals surface area contributed by atoms with Gasteiger partial charge in [-0.1, -0.05) is 0 Å². The molecule has 0 aliphatic heterocycles. The fourth-order valence-corrected chi connectivity index (χ4v) is 0. The van der Waals surface area contributed by atoms with E-state index < -0.39 is 29.3 Å². The van der Waals surface area contributed by atoms with Crippen LogP contribution in [0.4, 0.5) is 0 Å². The first kappa shape index (κ1) is 49.8. The summed E-state index contributed by atoms with van der Waals surface area (Å²) < 4.78 is 0. The van der Waals surface area contributed by atoms with Gasteiger partial charge in [-0.25, -0.2) is 0 Å². The minimum atomic E-state index is -2.17. The van der Waals surface area contributed by atoms with Gasteiger partial charge in [0.25, 0.3) is 0 Å². The molecule has 0 aliphatic rings. The molecule has 0 unspecified atom stereocenters. The number of hydrogen-bond acceptors (Lipinski definition) is 12. The van der Waals surface area contributed by atoms with Crippen LogP contribution in [0.15, 0.2) is 0 Å². The molecule has 0 fully saturated rings. The third-order valence-corrected chi connectivity index (χ3v) is 0. The summed E-state index contributed by atoms with van der Waals surface area (Å²) in [5, 5.41) is 86.0. The van der Waals surface area contributed by atoms with Crippen molar-refractivity contribution in [2.24, 2.45) is 0 Å². The molecule has 20 heteroatoms. The van der Waals surface area contributed by atoms with Crippen molar-refractivity contribution in [3.05, 3.63) is 0 Å². The topological polar surface area (TPSA) is 337 Å². The van der Waals surface area contributed by atoms with E-state index in [-0.39, 0.29) is 46.0 Å². The van der Waals surface area contributed by atoms with Gasteiger partial charge in [0.15, 0.2) is 0 Å². The van der Waals surface area contributed by atoms with Crippen LogP contribution in [0.3, 0.4) is 0 Å². The molecule has 0 atom stereocenters. The Kier molecular flexibility index (Phi) is 106. The average molecular weight is 325 g/mol. The first-order valence-electron chi connectivity index (χ1n) is 3.10. The molecule has 0 bridgehead atoms. The molecule has 20 heavy (non-hydrogen) atoms. The molecule has 0 aliphatic carbocycles. The fourth-order valence-electron chi connectivity index (χ4n) is 0. The predicted octanol–water partition coefficient (Wildman–Crippen LogP) is -11.3. The van der Waals surface area contributed by atoms with Crippen molar-refractivity contribution in [1.82, 2.24) is 0 Å². The summed E-state index contributed by atoms with van der Waals surface area (Å²) >= 11 is 0. The van der Waals surface area contributed by atoms with E-state index in [1.165, 1.54) is 0 Å². The molecule has 122 valence electrons. The molecule has 0 aromatic rings. The zero-order valence-corrected chi connectivity index (χ0v) is 9.18. The van der Waals surface area contributed by atoms with Crippen LogP contribution in [-0.2, 0) is 0 Å². The van der Waals surface area contributed by atoms with Gasteiger partial charge in [-0.05, 0) is 0 Å². The van der Waals surface area contributed by atoms with Crippen LogP contribution in [-0.4, -0.2) is 136 Å². The molecule has 0 saturated heterocycles. The fraction of sp³-hybridized carbons (Fsp3) is 0. The van der Waals surface area contributed by atoms with E-state index in [4.69, 9.17) is 60.3 Å². The molecule has 0 amide bonds. The maximum absolute atomic E-state index is 7.17. The molecule has 15 nitrogen and oxygen atoms in total. The molecule has 18 N–H and O–H groups in total. The van der Waals surface area contributed by atoms with Gasteiger partial charge in [-0.15, -0.1) is 0 Å². The third kappa shape index (κ3) is 13400. The quantitative estimate of drug-likeness (QED) is 0.184. The Hall–Kier alpha value is 0.660. The molecule has 0 aromatic carbocycles. The van der Waals surface area contributed by atoms with Crippen LogP contribution in [0.1, 0.15) is 0 Å². The molecule has 0 aromatic heterocycles. The van der Waals surface area contributed by atoms with Crippen LogP contribution in [0.25, 0.3) is 0 Å². The van der Waals surface area contributed by atoms with E-state index in [9.17, 15) is 0 Å². The Morgan fingerprint density at radius 3 is 0.300 bits per heavy atom. The van der Waals surface area contributed by atoms with Crippen molar-refractivity contribution in [2.45, 2.75) is 0 Å². The van der Waals surface area contributed by atoms with Gasteiger partial charge in [0.1, 0.15) is 0 Å². The van der Waals surface area contributed by atoms with Crippen LogP contribution in [0, 0.1) is 0 Å². The van der Waals surface area contributed by atoms with Gasteiger partial charge in [0.2, 0.25) is 0 Å². The number of rotatable bonds is 0. The van der Waals surface area contributed by atoms with Crippen LogP contribution < -0.4 is 0 Å². The zero-order valence-electron chi connectivity index (χ0n) is 9.18. The van der Waals surface area contributed by atoms with Crippen LogP contribution >= 0.6 is 0 Å². The van der Waals surface area contributed by atoms with Gasteiger partial charge in [-0.3, -0.25) is 0 Å². The summed E-state index contributed by atoms with van der Waals surface area (Å²) in [6, 6.07) is 0. The molecular weight excluding hydrogens is 306 g/mol. The Bertz CT molecular complexity index is 62.9. The van der Waals surface area contributed by atoms with Crippen molar-refractivity contribution in [3.63, 3.8) is 0 Å². The van der Waals surface area contributed by atoms with E-state index in [2.05, 4.69) is 0 Å². The van der Waals surface area contributed by atoms with Gasteiger partial charge in [0, 0.05) is 0 Å². The molecular formula is H19B4NaO15. The predicted molar refractivity (Wildman–Crippen MR) is 67.6 cm³/mol. The SMILES string of the molecule is O.O.O.OB(O)O.OB(O)O.OB(O)O.OB(O)O.[NaH]. The Labute approximate surface area is 135 Å². The van der Waals surface area contributed by atoms with Crippen LogP contribution in [0.2, 0.25) is 0 Å². The normalized spacial score (nSPS) is 5.40. The Morgan fingerprint density at radius 2 is 0.300 bits per heavy atom. The summed E-state index contributed by atoms with van der Waals surface area (Å²) in [4.78, 5) is 0. The zero-order chi connectivity index (χ0) is 14.3. The molecule has 0 spiro atoms. The van der Waals surface area contributed by atoms with Gasteiger partial charge in [-0.2, -0.15) is 0 Å². The minimum absolute atomic E-state index is 0. The van der Waals surface area contributed by atoms with Crippen molar-refractivity contribution < 1.29 is 76.7 Å². The number of hydrogen-bond donors (Lipinski definition) is 12. The van der Waals surface area contributed by atoms with Gasteiger partial charge in [0.05, 0.1) is 0 Å². The summed E-state index contributed by atoms with van der Waals surface area (Å²) in [6.45, 7) is 0. The van der Waals surface area contributed by atoms with E-state index in [0.717, 1.165) is 0 Å². The van der Waals surface area contributed by atoms with Crippen molar-refractivity contribution in [1.29, 1.82) is 0 Å². The van der Waals surface area contributed by atoms with E-state index in [1.54, 1.807) is 0 Å². The first-order chi connectivity index (χ1) is 6.93. The first-order valence-corrected chi connectivity index (χ1v) is 3.10. The Balaban J connectivity index is -0.0000000150.